The molecule has 0 saturated carbocycles. The van der Waals surface area contributed by atoms with Gasteiger partial charge in [-0.1, -0.05) is 54.6 Å². The van der Waals surface area contributed by atoms with Crippen molar-refractivity contribution >= 4 is 12.0 Å². The van der Waals surface area contributed by atoms with E-state index in [1.54, 1.807) is 17.0 Å². The van der Waals surface area contributed by atoms with Crippen LogP contribution in [0, 0.1) is 0 Å². The summed E-state index contributed by atoms with van der Waals surface area (Å²) in [7, 11) is 0. The van der Waals surface area contributed by atoms with Gasteiger partial charge in [-0.3, -0.25) is 14.6 Å². The SMILES string of the molecule is O=C(NCCc1ccccc1)c1ccc(CN2CC3(CCN(Cc4ccc(C(F)(F)F)cc4)CC3)OC2=O)cc1. The van der Waals surface area contributed by atoms with E-state index in [0.29, 0.717) is 57.7 Å². The van der Waals surface area contributed by atoms with Crippen LogP contribution in [-0.2, 0) is 30.4 Å². The van der Waals surface area contributed by atoms with Gasteiger partial charge in [-0.2, -0.15) is 13.2 Å². The number of carbonyl (C=O) groups is 2. The van der Waals surface area contributed by atoms with Crippen LogP contribution in [0.3, 0.4) is 0 Å². The van der Waals surface area contributed by atoms with Crippen molar-refractivity contribution in [3.05, 3.63) is 107 Å². The molecule has 5 rings (SSSR count). The van der Waals surface area contributed by atoms with E-state index in [4.69, 9.17) is 4.74 Å². The summed E-state index contributed by atoms with van der Waals surface area (Å²) in [6, 6.07) is 22.5. The van der Waals surface area contributed by atoms with Crippen LogP contribution in [0.25, 0.3) is 0 Å². The quantitative estimate of drug-likeness (QED) is 0.392. The van der Waals surface area contributed by atoms with Crippen LogP contribution in [0.5, 0.6) is 0 Å². The maximum absolute atomic E-state index is 12.8. The van der Waals surface area contributed by atoms with Crippen LogP contribution in [-0.4, -0.2) is 53.6 Å². The van der Waals surface area contributed by atoms with Gasteiger partial charge >= 0.3 is 12.3 Å². The minimum atomic E-state index is -4.34. The predicted octanol–water partition coefficient (Wildman–Crippen LogP) is 5.66. The zero-order valence-electron chi connectivity index (χ0n) is 22.1. The third kappa shape index (κ3) is 6.83. The summed E-state index contributed by atoms with van der Waals surface area (Å²) in [6.45, 7) is 3.37. The second-order valence-corrected chi connectivity index (χ2v) is 10.6. The number of amides is 2. The molecule has 2 saturated heterocycles. The minimum Gasteiger partial charge on any atom is -0.441 e. The van der Waals surface area contributed by atoms with Crippen LogP contribution in [0.15, 0.2) is 78.9 Å². The lowest BCUT2D eigenvalue weighted by Crippen LogP contribution is -2.46. The third-order valence-electron chi connectivity index (χ3n) is 7.63. The van der Waals surface area contributed by atoms with Gasteiger partial charge in [-0.15, -0.1) is 0 Å². The van der Waals surface area contributed by atoms with Crippen molar-refractivity contribution in [3.8, 4) is 0 Å². The molecule has 2 aliphatic rings. The van der Waals surface area contributed by atoms with Crippen molar-refractivity contribution < 1.29 is 27.5 Å². The van der Waals surface area contributed by atoms with Crippen molar-refractivity contribution in [2.45, 2.75) is 44.1 Å². The van der Waals surface area contributed by atoms with Gasteiger partial charge < -0.3 is 10.1 Å². The van der Waals surface area contributed by atoms with Gasteiger partial charge in [0.15, 0.2) is 0 Å². The molecular formula is C31H32F3N3O3. The molecule has 6 nitrogen and oxygen atoms in total. The zero-order valence-corrected chi connectivity index (χ0v) is 22.1. The second-order valence-electron chi connectivity index (χ2n) is 10.6. The number of nitrogens with zero attached hydrogens (tertiary/aromatic N) is 2. The van der Waals surface area contributed by atoms with Gasteiger partial charge in [0, 0.05) is 51.1 Å². The van der Waals surface area contributed by atoms with Gasteiger partial charge in [0.2, 0.25) is 0 Å². The highest BCUT2D eigenvalue weighted by Crippen LogP contribution is 2.35. The predicted molar refractivity (Wildman–Crippen MR) is 144 cm³/mol. The first-order valence-electron chi connectivity index (χ1n) is 13.5. The molecule has 0 atom stereocenters. The number of piperidine rings is 1. The average Bonchev–Trinajstić information content (AvgIpc) is 3.24. The van der Waals surface area contributed by atoms with Crippen molar-refractivity contribution in [1.29, 1.82) is 0 Å². The topological polar surface area (TPSA) is 61.9 Å². The fraction of sp³-hybridized carbons (Fsp3) is 0.355. The Morgan fingerprint density at radius 2 is 1.48 bits per heavy atom. The number of likely N-dealkylation sites (tertiary alicyclic amines) is 1. The van der Waals surface area contributed by atoms with Crippen LogP contribution in [0.1, 0.15) is 45.5 Å². The lowest BCUT2D eigenvalue weighted by atomic mass is 9.91. The molecule has 3 aromatic carbocycles. The van der Waals surface area contributed by atoms with Gasteiger partial charge in [-0.05, 0) is 47.4 Å². The van der Waals surface area contributed by atoms with E-state index in [0.717, 1.165) is 29.7 Å². The summed E-state index contributed by atoms with van der Waals surface area (Å²) in [5, 5.41) is 2.94. The van der Waals surface area contributed by atoms with Crippen molar-refractivity contribution in [1.82, 2.24) is 15.1 Å². The van der Waals surface area contributed by atoms with E-state index in [9.17, 15) is 22.8 Å². The first kappa shape index (κ1) is 27.7. The number of rotatable bonds is 8. The van der Waals surface area contributed by atoms with Crippen LogP contribution >= 0.6 is 0 Å². The molecule has 0 radical (unpaired) electrons. The fourth-order valence-corrected chi connectivity index (χ4v) is 5.30. The number of carbonyl (C=O) groups excluding carboxylic acids is 2. The lowest BCUT2D eigenvalue weighted by Gasteiger charge is -2.37. The number of benzene rings is 3. The average molecular weight is 552 g/mol. The van der Waals surface area contributed by atoms with Crippen LogP contribution < -0.4 is 5.32 Å². The third-order valence-corrected chi connectivity index (χ3v) is 7.63. The van der Waals surface area contributed by atoms with E-state index in [-0.39, 0.29) is 12.0 Å². The first-order valence-corrected chi connectivity index (χ1v) is 13.5. The highest BCUT2D eigenvalue weighted by Gasteiger charge is 2.46. The number of ether oxygens (including phenoxy) is 1. The molecule has 9 heteroatoms. The molecule has 0 aromatic heterocycles. The highest BCUT2D eigenvalue weighted by atomic mass is 19.4. The van der Waals surface area contributed by atoms with Crippen LogP contribution in [0.2, 0.25) is 0 Å². The summed E-state index contributed by atoms with van der Waals surface area (Å²) in [6.07, 6.45) is -2.60. The molecule has 3 aromatic rings. The molecule has 1 spiro atoms. The summed E-state index contributed by atoms with van der Waals surface area (Å²) in [5.41, 5.74) is 2.27. The van der Waals surface area contributed by atoms with E-state index in [2.05, 4.69) is 10.2 Å². The fourth-order valence-electron chi connectivity index (χ4n) is 5.30. The molecule has 2 heterocycles. The molecule has 0 unspecified atom stereocenters. The Balaban J connectivity index is 1.08. The van der Waals surface area contributed by atoms with Gasteiger partial charge in [0.05, 0.1) is 12.1 Å². The van der Waals surface area contributed by atoms with Gasteiger partial charge in [0.1, 0.15) is 5.60 Å². The maximum Gasteiger partial charge on any atom is 0.416 e. The molecule has 210 valence electrons. The van der Waals surface area contributed by atoms with E-state index in [1.165, 1.54) is 17.7 Å². The van der Waals surface area contributed by atoms with Crippen molar-refractivity contribution in [2.75, 3.05) is 26.2 Å². The second kappa shape index (κ2) is 11.7. The Labute approximate surface area is 231 Å². The Kier molecular flexibility index (Phi) is 8.12. The van der Waals surface area contributed by atoms with E-state index in [1.807, 2.05) is 42.5 Å². The molecule has 40 heavy (non-hydrogen) atoms. The monoisotopic (exact) mass is 551 g/mol. The Bertz CT molecular complexity index is 1300. The summed E-state index contributed by atoms with van der Waals surface area (Å²) >= 11 is 0. The molecule has 1 N–H and O–H groups in total. The summed E-state index contributed by atoms with van der Waals surface area (Å²) < 4.78 is 44.3. The highest BCUT2D eigenvalue weighted by molar-refractivity contribution is 5.94. The standard InChI is InChI=1S/C31H32F3N3O3/c32-31(33,34)27-12-8-24(9-13-27)20-36-18-15-30(16-19-36)22-37(29(39)40-30)21-25-6-10-26(11-7-25)28(38)35-17-14-23-4-2-1-3-5-23/h1-13H,14-22H2,(H,35,38). The summed E-state index contributed by atoms with van der Waals surface area (Å²) in [4.78, 5) is 29.0. The van der Waals surface area contributed by atoms with Gasteiger partial charge in [0.25, 0.3) is 5.91 Å². The normalized spacial score (nSPS) is 17.2. The van der Waals surface area contributed by atoms with E-state index >= 15 is 0 Å². The van der Waals surface area contributed by atoms with Gasteiger partial charge in [-0.25, -0.2) is 4.79 Å². The maximum atomic E-state index is 12.8. The molecule has 2 fully saturated rings. The molecule has 2 amide bonds. The minimum absolute atomic E-state index is 0.134. The zero-order chi connectivity index (χ0) is 28.2. The van der Waals surface area contributed by atoms with E-state index < -0.39 is 17.3 Å². The number of halogens is 3. The number of hydrogen-bond donors (Lipinski definition) is 1. The summed E-state index contributed by atoms with van der Waals surface area (Å²) in [5.74, 6) is -0.134. The Morgan fingerprint density at radius 1 is 0.850 bits per heavy atom. The number of alkyl halides is 3. The molecule has 2 aliphatic heterocycles. The Morgan fingerprint density at radius 3 is 2.12 bits per heavy atom. The smallest absolute Gasteiger partial charge is 0.416 e. The first-order chi connectivity index (χ1) is 19.2. The molecule has 0 bridgehead atoms. The number of hydrogen-bond acceptors (Lipinski definition) is 4. The lowest BCUT2D eigenvalue weighted by molar-refractivity contribution is -0.137. The van der Waals surface area contributed by atoms with Crippen LogP contribution in [0.4, 0.5) is 18.0 Å². The molecule has 0 aliphatic carbocycles. The van der Waals surface area contributed by atoms with Crippen molar-refractivity contribution in [3.63, 3.8) is 0 Å². The molecular weight excluding hydrogens is 519 g/mol. The van der Waals surface area contributed by atoms with Crippen molar-refractivity contribution in [2.24, 2.45) is 0 Å². The Hall–Kier alpha value is -3.85. The number of nitrogens with one attached hydrogen (secondary N) is 1. The largest absolute Gasteiger partial charge is 0.441 e.